The molecule has 6 nitrogen and oxygen atoms in total. The van der Waals surface area contributed by atoms with E-state index in [0.717, 1.165) is 18.9 Å². The monoisotopic (exact) mass is 522 g/mol. The summed E-state index contributed by atoms with van der Waals surface area (Å²) in [6, 6.07) is 8.11. The van der Waals surface area contributed by atoms with Gasteiger partial charge in [-0.05, 0) is 37.1 Å². The van der Waals surface area contributed by atoms with Crippen LogP contribution in [0.4, 0.5) is 8.78 Å². The second-order valence-electron chi connectivity index (χ2n) is 7.55. The van der Waals surface area contributed by atoms with Crippen molar-refractivity contribution in [2.45, 2.75) is 25.0 Å². The van der Waals surface area contributed by atoms with Crippen LogP contribution in [0.25, 0.3) is 0 Å². The van der Waals surface area contributed by atoms with Crippen LogP contribution in [-0.4, -0.2) is 60.9 Å². The molecule has 2 N–H and O–H groups in total. The Balaban J connectivity index is 0.00000385. The number of ether oxygens (including phenoxy) is 2. The molecule has 2 aromatic rings. The molecule has 0 radical (unpaired) electrons. The molecule has 2 aromatic carbocycles. The van der Waals surface area contributed by atoms with Crippen LogP contribution in [0.1, 0.15) is 12.8 Å². The number of carbonyl (C=O) groups is 1. The third-order valence-corrected chi connectivity index (χ3v) is 5.63. The Morgan fingerprint density at radius 3 is 2.15 bits per heavy atom. The predicted molar refractivity (Wildman–Crippen MR) is 128 cm³/mol. The number of benzene rings is 2. The zero-order valence-corrected chi connectivity index (χ0v) is 20.2. The number of nitrogens with one attached hydrogen (secondary N) is 1. The number of hydrogen-bond acceptors (Lipinski definition) is 5. The average Bonchev–Trinajstić information content (AvgIpc) is 2.77. The molecule has 0 unspecified atom stereocenters. The van der Waals surface area contributed by atoms with E-state index in [0.29, 0.717) is 25.4 Å². The second-order valence-corrected chi connectivity index (χ2v) is 8.36. The summed E-state index contributed by atoms with van der Waals surface area (Å²) in [6.07, 6.45) is 0.697. The third-order valence-electron chi connectivity index (χ3n) is 5.02. The normalized spacial score (nSPS) is 15.4. The Hall–Kier alpha value is -1.78. The van der Waals surface area contributed by atoms with Gasteiger partial charge in [-0.1, -0.05) is 23.2 Å². The molecule has 182 valence electrons. The maximum absolute atomic E-state index is 13.4. The number of piperidine rings is 1. The highest BCUT2D eigenvalue weighted by atomic mass is 35.5. The Morgan fingerprint density at radius 1 is 1.06 bits per heavy atom. The van der Waals surface area contributed by atoms with E-state index in [1.54, 1.807) is 6.07 Å². The highest BCUT2D eigenvalue weighted by molar-refractivity contribution is 7.59. The summed E-state index contributed by atoms with van der Waals surface area (Å²) in [5.74, 6) is -0.939. The molecular weight excluding hydrogens is 497 g/mol. The topological polar surface area (TPSA) is 71.0 Å². The summed E-state index contributed by atoms with van der Waals surface area (Å²) in [4.78, 5) is 14.2. The summed E-state index contributed by atoms with van der Waals surface area (Å²) < 4.78 is 37.6. The largest absolute Gasteiger partial charge is 0.491 e. The number of likely N-dealkylation sites (tertiary alicyclic amines) is 1. The van der Waals surface area contributed by atoms with Crippen molar-refractivity contribution < 1.29 is 28.2 Å². The van der Waals surface area contributed by atoms with Crippen molar-refractivity contribution in [2.24, 2.45) is 0 Å². The van der Waals surface area contributed by atoms with E-state index in [1.807, 2.05) is 0 Å². The standard InChI is InChI=1S/C22H24Cl2F2N2O4.H2S/c23-18-3-1-16(9-20(18)25)31-12-15(29)11-28-7-5-14(6-8-28)27-22(30)13-32-17-2-4-19(24)21(26)10-17;/h1-4,9-10,14-15,29H,5-8,11-13H2,(H,27,30);1H2/t15-;/m0./s1. The van der Waals surface area contributed by atoms with Crippen molar-refractivity contribution in [3.63, 3.8) is 0 Å². The fourth-order valence-corrected chi connectivity index (χ4v) is 3.59. The molecule has 0 spiro atoms. The highest BCUT2D eigenvalue weighted by Gasteiger charge is 2.22. The van der Waals surface area contributed by atoms with Crippen molar-refractivity contribution in [3.05, 3.63) is 58.1 Å². The van der Waals surface area contributed by atoms with Gasteiger partial charge >= 0.3 is 0 Å². The summed E-state index contributed by atoms with van der Waals surface area (Å²) >= 11 is 11.3. The van der Waals surface area contributed by atoms with Crippen molar-refractivity contribution in [2.75, 3.05) is 32.8 Å². The lowest BCUT2D eigenvalue weighted by Gasteiger charge is -2.33. The van der Waals surface area contributed by atoms with Gasteiger partial charge in [-0.25, -0.2) is 8.78 Å². The average molecular weight is 523 g/mol. The van der Waals surface area contributed by atoms with Crippen LogP contribution in [0, 0.1) is 11.6 Å². The molecule has 1 fully saturated rings. The van der Waals surface area contributed by atoms with Gasteiger partial charge in [-0.2, -0.15) is 13.5 Å². The summed E-state index contributed by atoms with van der Waals surface area (Å²) in [5.41, 5.74) is 0. The first kappa shape index (κ1) is 27.5. The number of aliphatic hydroxyl groups excluding tert-OH is 1. The number of halogens is 4. The van der Waals surface area contributed by atoms with Gasteiger partial charge < -0.3 is 24.8 Å². The summed E-state index contributed by atoms with van der Waals surface area (Å²) in [5, 5.41) is 13.1. The fraction of sp³-hybridized carbons (Fsp3) is 0.409. The van der Waals surface area contributed by atoms with Gasteiger partial charge in [0.05, 0.1) is 10.0 Å². The van der Waals surface area contributed by atoms with E-state index in [-0.39, 0.29) is 54.5 Å². The van der Waals surface area contributed by atoms with Gasteiger partial charge in [0.25, 0.3) is 5.91 Å². The lowest BCUT2D eigenvalue weighted by Crippen LogP contribution is -2.48. The Kier molecular flexibility index (Phi) is 11.0. The van der Waals surface area contributed by atoms with E-state index in [1.165, 1.54) is 24.3 Å². The number of nitrogens with zero attached hydrogens (tertiary/aromatic N) is 1. The van der Waals surface area contributed by atoms with Gasteiger partial charge in [0.1, 0.15) is 35.8 Å². The van der Waals surface area contributed by atoms with Gasteiger partial charge in [0.15, 0.2) is 6.61 Å². The van der Waals surface area contributed by atoms with Crippen molar-refractivity contribution >= 4 is 42.6 Å². The van der Waals surface area contributed by atoms with Gasteiger partial charge in [-0.15, -0.1) is 0 Å². The maximum atomic E-state index is 13.4. The minimum absolute atomic E-state index is 0. The fourth-order valence-electron chi connectivity index (χ4n) is 3.35. The van der Waals surface area contributed by atoms with E-state index < -0.39 is 17.7 Å². The van der Waals surface area contributed by atoms with Crippen molar-refractivity contribution in [1.29, 1.82) is 0 Å². The van der Waals surface area contributed by atoms with Gasteiger partial charge in [-0.3, -0.25) is 4.79 Å². The predicted octanol–water partition coefficient (Wildman–Crippen LogP) is 3.78. The first-order valence-electron chi connectivity index (χ1n) is 10.2. The number of carbonyl (C=O) groups excluding carboxylic acids is 1. The molecule has 1 amide bonds. The number of rotatable bonds is 9. The Labute approximate surface area is 208 Å². The van der Waals surface area contributed by atoms with Crippen LogP contribution in [-0.2, 0) is 4.79 Å². The lowest BCUT2D eigenvalue weighted by molar-refractivity contribution is -0.124. The van der Waals surface area contributed by atoms with Gasteiger partial charge in [0, 0.05) is 37.8 Å². The molecular formula is C22H26Cl2F2N2O4S. The number of β-amino-alcohol motifs (C(OH)–C–C–N with tert-alkyl or cyclic N) is 1. The maximum Gasteiger partial charge on any atom is 0.258 e. The zero-order chi connectivity index (χ0) is 23.1. The van der Waals surface area contributed by atoms with Crippen LogP contribution in [0.2, 0.25) is 10.0 Å². The molecule has 1 aliphatic heterocycles. The van der Waals surface area contributed by atoms with Crippen LogP contribution in [0.5, 0.6) is 11.5 Å². The Morgan fingerprint density at radius 2 is 1.61 bits per heavy atom. The quantitative estimate of drug-likeness (QED) is 0.524. The summed E-state index contributed by atoms with van der Waals surface area (Å²) in [7, 11) is 0. The van der Waals surface area contributed by atoms with Crippen molar-refractivity contribution in [1.82, 2.24) is 10.2 Å². The number of amides is 1. The first-order valence-corrected chi connectivity index (χ1v) is 10.9. The molecule has 3 rings (SSSR count). The molecule has 1 aliphatic rings. The highest BCUT2D eigenvalue weighted by Crippen LogP contribution is 2.21. The molecule has 0 saturated carbocycles. The molecule has 0 aromatic heterocycles. The first-order chi connectivity index (χ1) is 15.3. The van der Waals surface area contributed by atoms with Crippen LogP contribution in [0.15, 0.2) is 36.4 Å². The van der Waals surface area contributed by atoms with E-state index in [9.17, 15) is 18.7 Å². The number of aliphatic hydroxyl groups is 1. The SMILES string of the molecule is O=C(COc1ccc(Cl)c(F)c1)NC1CCN(C[C@H](O)COc2ccc(Cl)c(F)c2)CC1.S. The van der Waals surface area contributed by atoms with E-state index >= 15 is 0 Å². The zero-order valence-electron chi connectivity index (χ0n) is 17.7. The van der Waals surface area contributed by atoms with Gasteiger partial charge in [0.2, 0.25) is 0 Å². The van der Waals surface area contributed by atoms with Crippen molar-refractivity contribution in [3.8, 4) is 11.5 Å². The smallest absolute Gasteiger partial charge is 0.258 e. The van der Waals surface area contributed by atoms with Crippen LogP contribution in [0.3, 0.4) is 0 Å². The molecule has 1 heterocycles. The minimum Gasteiger partial charge on any atom is -0.491 e. The third kappa shape index (κ3) is 8.83. The molecule has 33 heavy (non-hydrogen) atoms. The van der Waals surface area contributed by atoms with E-state index in [2.05, 4.69) is 10.2 Å². The van der Waals surface area contributed by atoms with Crippen LogP contribution < -0.4 is 14.8 Å². The molecule has 0 aliphatic carbocycles. The lowest BCUT2D eigenvalue weighted by atomic mass is 10.0. The molecule has 1 saturated heterocycles. The summed E-state index contributed by atoms with van der Waals surface area (Å²) in [6.45, 7) is 1.60. The molecule has 11 heteroatoms. The van der Waals surface area contributed by atoms with Crippen LogP contribution >= 0.6 is 36.7 Å². The minimum atomic E-state index is -0.743. The molecule has 0 bridgehead atoms. The second kappa shape index (κ2) is 13.2. The molecule has 1 atom stereocenters. The van der Waals surface area contributed by atoms with E-state index in [4.69, 9.17) is 32.7 Å². The number of hydrogen-bond donors (Lipinski definition) is 2. The Bertz CT molecular complexity index is 933.